The molecule has 0 aliphatic carbocycles. The van der Waals surface area contributed by atoms with Crippen LogP contribution in [0.3, 0.4) is 0 Å². The Hall–Kier alpha value is -2.83. The van der Waals surface area contributed by atoms with Gasteiger partial charge in [0.1, 0.15) is 11.6 Å². The molecule has 0 spiro atoms. The fourth-order valence-corrected chi connectivity index (χ4v) is 4.48. The van der Waals surface area contributed by atoms with E-state index < -0.39 is 0 Å². The minimum Gasteiger partial charge on any atom is -0.497 e. The summed E-state index contributed by atoms with van der Waals surface area (Å²) in [4.78, 5) is 26.5. The number of hydrogen-bond acceptors (Lipinski definition) is 6. The predicted octanol–water partition coefficient (Wildman–Crippen LogP) is 2.52. The SMILES string of the molecule is COc1ccc2c(c1)N1CCN(c3cnccn3)C[C@H]1[C@@H](C(=O)NCCC(C)C)C2. The van der Waals surface area contributed by atoms with E-state index in [9.17, 15) is 4.79 Å². The fraction of sp³-hybridized carbons (Fsp3) is 0.522. The van der Waals surface area contributed by atoms with E-state index in [2.05, 4.69) is 51.1 Å². The van der Waals surface area contributed by atoms with E-state index in [-0.39, 0.29) is 17.9 Å². The monoisotopic (exact) mass is 409 g/mol. The summed E-state index contributed by atoms with van der Waals surface area (Å²) in [6.07, 6.45) is 6.94. The molecule has 1 amide bonds. The number of amides is 1. The molecule has 1 saturated heterocycles. The lowest BCUT2D eigenvalue weighted by atomic mass is 9.83. The zero-order valence-electron chi connectivity index (χ0n) is 18.0. The third kappa shape index (κ3) is 4.20. The lowest BCUT2D eigenvalue weighted by molar-refractivity contribution is -0.125. The van der Waals surface area contributed by atoms with Crippen molar-refractivity contribution in [3.05, 3.63) is 42.4 Å². The first-order chi connectivity index (χ1) is 14.6. The molecule has 2 atom stereocenters. The van der Waals surface area contributed by atoms with Crippen molar-refractivity contribution >= 4 is 17.4 Å². The molecule has 0 radical (unpaired) electrons. The van der Waals surface area contributed by atoms with Gasteiger partial charge in [-0.3, -0.25) is 9.78 Å². The molecule has 0 bridgehead atoms. The third-order valence-corrected chi connectivity index (χ3v) is 6.16. The highest BCUT2D eigenvalue weighted by Crippen LogP contribution is 2.38. The Morgan fingerprint density at radius 2 is 2.17 bits per heavy atom. The van der Waals surface area contributed by atoms with E-state index in [1.54, 1.807) is 25.7 Å². The van der Waals surface area contributed by atoms with Crippen LogP contribution in [0.1, 0.15) is 25.8 Å². The van der Waals surface area contributed by atoms with Crippen LogP contribution < -0.4 is 19.9 Å². The highest BCUT2D eigenvalue weighted by molar-refractivity contribution is 5.82. The van der Waals surface area contributed by atoms with Crippen LogP contribution in [0.25, 0.3) is 0 Å². The molecule has 0 unspecified atom stereocenters. The van der Waals surface area contributed by atoms with Crippen molar-refractivity contribution in [3.63, 3.8) is 0 Å². The molecule has 4 rings (SSSR count). The minimum atomic E-state index is -0.0995. The fourth-order valence-electron chi connectivity index (χ4n) is 4.48. The number of nitrogens with one attached hydrogen (secondary N) is 1. The van der Waals surface area contributed by atoms with Gasteiger partial charge in [-0.05, 0) is 30.4 Å². The van der Waals surface area contributed by atoms with Crippen molar-refractivity contribution in [2.24, 2.45) is 11.8 Å². The van der Waals surface area contributed by atoms with E-state index in [0.717, 1.165) is 50.6 Å². The van der Waals surface area contributed by atoms with E-state index >= 15 is 0 Å². The number of nitrogens with zero attached hydrogens (tertiary/aromatic N) is 4. The second-order valence-corrected chi connectivity index (χ2v) is 8.55. The molecule has 2 aromatic rings. The van der Waals surface area contributed by atoms with Gasteiger partial charge in [0, 0.05) is 50.3 Å². The molecular weight excluding hydrogens is 378 g/mol. The molecule has 2 aliphatic heterocycles. The second kappa shape index (κ2) is 8.90. The zero-order valence-corrected chi connectivity index (χ0v) is 18.0. The molecule has 1 aromatic heterocycles. The van der Waals surface area contributed by atoms with Crippen LogP contribution in [-0.2, 0) is 11.2 Å². The van der Waals surface area contributed by atoms with Crippen molar-refractivity contribution in [1.29, 1.82) is 0 Å². The Kier molecular flexibility index (Phi) is 6.06. The Bertz CT molecular complexity index is 873. The summed E-state index contributed by atoms with van der Waals surface area (Å²) < 4.78 is 5.47. The number of hydrogen-bond donors (Lipinski definition) is 1. The van der Waals surface area contributed by atoms with Crippen LogP contribution in [0.2, 0.25) is 0 Å². The summed E-state index contributed by atoms with van der Waals surface area (Å²) in [5.74, 6) is 2.34. The molecule has 2 aliphatic rings. The normalized spacial score (nSPS) is 20.5. The summed E-state index contributed by atoms with van der Waals surface area (Å²) in [6, 6.07) is 6.28. The van der Waals surface area contributed by atoms with Gasteiger partial charge in [0.2, 0.25) is 5.91 Å². The minimum absolute atomic E-state index is 0.0828. The van der Waals surface area contributed by atoms with E-state index in [4.69, 9.17) is 4.74 Å². The molecule has 1 aromatic carbocycles. The number of carbonyl (C=O) groups is 1. The van der Waals surface area contributed by atoms with Gasteiger partial charge in [0.15, 0.2) is 0 Å². The maximum absolute atomic E-state index is 13.2. The number of fused-ring (bicyclic) bond motifs is 3. The van der Waals surface area contributed by atoms with Gasteiger partial charge in [-0.1, -0.05) is 19.9 Å². The molecule has 7 heteroatoms. The van der Waals surface area contributed by atoms with Crippen molar-refractivity contribution < 1.29 is 9.53 Å². The van der Waals surface area contributed by atoms with E-state index in [1.807, 2.05) is 6.07 Å². The molecule has 160 valence electrons. The van der Waals surface area contributed by atoms with Gasteiger partial charge < -0.3 is 19.9 Å². The standard InChI is InChI=1S/C23H31N5O2/c1-16(2)6-7-26-23(29)19-12-17-4-5-18(30-3)13-20(17)28-11-10-27(15-21(19)28)22-14-24-8-9-25-22/h4-5,8-9,13-14,16,19,21H,6-7,10-12,15H2,1-3H3,(H,26,29)/t19-,21-/m0/s1. The van der Waals surface area contributed by atoms with Crippen LogP contribution in [0, 0.1) is 11.8 Å². The highest BCUT2D eigenvalue weighted by atomic mass is 16.5. The van der Waals surface area contributed by atoms with Crippen molar-refractivity contribution in [3.8, 4) is 5.75 Å². The number of aromatic nitrogens is 2. The zero-order chi connectivity index (χ0) is 21.1. The van der Waals surface area contributed by atoms with Crippen molar-refractivity contribution in [1.82, 2.24) is 15.3 Å². The van der Waals surface area contributed by atoms with E-state index in [1.165, 1.54) is 11.3 Å². The number of anilines is 2. The first kappa shape index (κ1) is 20.4. The van der Waals surface area contributed by atoms with Crippen molar-refractivity contribution in [2.45, 2.75) is 32.7 Å². The summed E-state index contributed by atoms with van der Waals surface area (Å²) in [7, 11) is 1.69. The van der Waals surface area contributed by atoms with Gasteiger partial charge in [-0.15, -0.1) is 0 Å². The van der Waals surface area contributed by atoms with Crippen LogP contribution in [0.15, 0.2) is 36.8 Å². The quantitative estimate of drug-likeness (QED) is 0.791. The smallest absolute Gasteiger partial charge is 0.225 e. The average molecular weight is 410 g/mol. The van der Waals surface area contributed by atoms with E-state index in [0.29, 0.717) is 5.92 Å². The summed E-state index contributed by atoms with van der Waals surface area (Å²) in [5, 5.41) is 3.19. The highest BCUT2D eigenvalue weighted by Gasteiger charge is 2.41. The summed E-state index contributed by atoms with van der Waals surface area (Å²) in [5.41, 5.74) is 2.40. The predicted molar refractivity (Wildman–Crippen MR) is 118 cm³/mol. The van der Waals surface area contributed by atoms with Gasteiger partial charge >= 0.3 is 0 Å². The second-order valence-electron chi connectivity index (χ2n) is 8.55. The Balaban J connectivity index is 1.60. The topological polar surface area (TPSA) is 70.6 Å². The molecule has 1 fully saturated rings. The maximum atomic E-state index is 13.2. The number of piperazine rings is 1. The largest absolute Gasteiger partial charge is 0.497 e. The van der Waals surface area contributed by atoms with Crippen LogP contribution in [-0.4, -0.2) is 55.2 Å². The first-order valence-corrected chi connectivity index (χ1v) is 10.8. The third-order valence-electron chi connectivity index (χ3n) is 6.16. The van der Waals surface area contributed by atoms with Gasteiger partial charge in [0.05, 0.1) is 25.3 Å². The summed E-state index contributed by atoms with van der Waals surface area (Å²) >= 11 is 0. The Morgan fingerprint density at radius 1 is 1.30 bits per heavy atom. The number of rotatable bonds is 6. The lowest BCUT2D eigenvalue weighted by Gasteiger charge is -2.49. The number of methoxy groups -OCH3 is 1. The molecule has 3 heterocycles. The molecule has 30 heavy (non-hydrogen) atoms. The Labute approximate surface area is 178 Å². The molecule has 1 N–H and O–H groups in total. The summed E-state index contributed by atoms with van der Waals surface area (Å²) in [6.45, 7) is 7.50. The van der Waals surface area contributed by atoms with Crippen LogP contribution >= 0.6 is 0 Å². The Morgan fingerprint density at radius 3 is 2.90 bits per heavy atom. The molecule has 0 saturated carbocycles. The molecule has 7 nitrogen and oxygen atoms in total. The first-order valence-electron chi connectivity index (χ1n) is 10.8. The van der Waals surface area contributed by atoms with Crippen LogP contribution in [0.4, 0.5) is 11.5 Å². The molecular formula is C23H31N5O2. The maximum Gasteiger partial charge on any atom is 0.225 e. The van der Waals surface area contributed by atoms with Gasteiger partial charge in [-0.25, -0.2) is 4.98 Å². The number of carbonyl (C=O) groups excluding carboxylic acids is 1. The van der Waals surface area contributed by atoms with Gasteiger partial charge in [-0.2, -0.15) is 0 Å². The average Bonchev–Trinajstić information content (AvgIpc) is 2.78. The van der Waals surface area contributed by atoms with Gasteiger partial charge in [0.25, 0.3) is 0 Å². The van der Waals surface area contributed by atoms with Crippen molar-refractivity contribution in [2.75, 3.05) is 43.1 Å². The number of benzene rings is 1. The van der Waals surface area contributed by atoms with Crippen LogP contribution in [0.5, 0.6) is 5.75 Å². The lowest BCUT2D eigenvalue weighted by Crippen LogP contribution is -2.61. The number of ether oxygens (including phenoxy) is 1.